The summed E-state index contributed by atoms with van der Waals surface area (Å²) in [7, 11) is 0. The molecule has 4 heterocycles. The van der Waals surface area contributed by atoms with Gasteiger partial charge in [-0.05, 0) is 44.0 Å². The molecule has 0 bridgehead atoms. The average molecular weight is 431 g/mol. The molecule has 1 fully saturated rings. The maximum absolute atomic E-state index is 13.7. The number of aryl methyl sites for hydroxylation is 1. The summed E-state index contributed by atoms with van der Waals surface area (Å²) in [5, 5.41) is 0.446. The van der Waals surface area contributed by atoms with Gasteiger partial charge in [-0.15, -0.1) is 0 Å². The van der Waals surface area contributed by atoms with Gasteiger partial charge in [0, 0.05) is 25.8 Å². The first-order chi connectivity index (χ1) is 15.4. The smallest absolute Gasteiger partial charge is 0.270 e. The summed E-state index contributed by atoms with van der Waals surface area (Å²) in [6.45, 7) is 7.36. The monoisotopic (exact) mass is 430 g/mol. The van der Waals surface area contributed by atoms with E-state index in [1.54, 1.807) is 16.7 Å². The molecular weight excluding hydrogens is 404 g/mol. The van der Waals surface area contributed by atoms with Crippen LogP contribution in [0.5, 0.6) is 0 Å². The molecule has 1 aliphatic heterocycles. The molecule has 7 nitrogen and oxygen atoms in total. The van der Waals surface area contributed by atoms with Crippen molar-refractivity contribution in [3.05, 3.63) is 81.9 Å². The number of carbonyl (C=O) groups excluding carboxylic acids is 1. The number of aromatic nitrogens is 3. The van der Waals surface area contributed by atoms with Crippen molar-refractivity contribution in [1.29, 1.82) is 0 Å². The Morgan fingerprint density at radius 1 is 1.06 bits per heavy atom. The zero-order valence-corrected chi connectivity index (χ0v) is 18.5. The van der Waals surface area contributed by atoms with Gasteiger partial charge in [0.15, 0.2) is 0 Å². The van der Waals surface area contributed by atoms with E-state index in [2.05, 4.69) is 0 Å². The van der Waals surface area contributed by atoms with E-state index >= 15 is 0 Å². The first-order valence-electron chi connectivity index (χ1n) is 10.9. The van der Waals surface area contributed by atoms with Gasteiger partial charge < -0.3 is 14.2 Å². The largest absolute Gasteiger partial charge is 0.372 e. The summed E-state index contributed by atoms with van der Waals surface area (Å²) in [4.78, 5) is 33.6. The number of nitrogens with zero attached hydrogens (tertiary/aromatic N) is 4. The highest BCUT2D eigenvalue weighted by molar-refractivity contribution is 5.98. The summed E-state index contributed by atoms with van der Waals surface area (Å²) in [5.74, 6) is -0.105. The molecule has 2 unspecified atom stereocenters. The fraction of sp³-hybridized carbons (Fsp3) is 0.320. The molecule has 164 valence electrons. The summed E-state index contributed by atoms with van der Waals surface area (Å²) in [5.41, 5.74) is 3.38. The molecule has 32 heavy (non-hydrogen) atoms. The Morgan fingerprint density at radius 3 is 2.50 bits per heavy atom. The molecule has 0 radical (unpaired) electrons. The van der Waals surface area contributed by atoms with Crippen LogP contribution in [-0.4, -0.2) is 50.1 Å². The molecule has 1 amide bonds. The van der Waals surface area contributed by atoms with Crippen molar-refractivity contribution in [2.24, 2.45) is 0 Å². The van der Waals surface area contributed by atoms with Gasteiger partial charge in [-0.25, -0.2) is 4.98 Å². The Labute approximate surface area is 185 Å². The van der Waals surface area contributed by atoms with Gasteiger partial charge in [0.25, 0.3) is 11.5 Å². The van der Waals surface area contributed by atoms with Gasteiger partial charge in [-0.2, -0.15) is 0 Å². The fourth-order valence-corrected chi connectivity index (χ4v) is 4.57. The Bertz CT molecular complexity index is 1360. The third kappa shape index (κ3) is 3.48. The summed E-state index contributed by atoms with van der Waals surface area (Å²) < 4.78 is 9.24. The van der Waals surface area contributed by atoms with Crippen molar-refractivity contribution in [3.8, 4) is 0 Å². The normalized spacial score (nSPS) is 19.0. The summed E-state index contributed by atoms with van der Waals surface area (Å²) in [6, 6.07) is 15.4. The minimum absolute atomic E-state index is 0.0383. The van der Waals surface area contributed by atoms with Crippen LogP contribution in [0.2, 0.25) is 0 Å². The van der Waals surface area contributed by atoms with E-state index in [-0.39, 0.29) is 23.7 Å². The topological polar surface area (TPSA) is 68.8 Å². The number of carbonyl (C=O) groups is 1. The van der Waals surface area contributed by atoms with Crippen molar-refractivity contribution in [3.63, 3.8) is 0 Å². The number of ether oxygens (including phenoxy) is 1. The maximum atomic E-state index is 13.7. The number of hydrogen-bond acceptors (Lipinski definition) is 4. The standard InChI is InChI=1S/C25H26N4O3/c1-16-8-7-11-28-22(16)26-23-20(24(28)30)12-21(29(23)15-19-9-5-4-6-10-19)25(31)27-13-17(2)32-18(3)14-27/h4-12,17-18H,13-15H2,1-3H3. The summed E-state index contributed by atoms with van der Waals surface area (Å²) in [6.07, 6.45) is 1.64. The van der Waals surface area contributed by atoms with Crippen LogP contribution in [0.4, 0.5) is 0 Å². The SMILES string of the molecule is Cc1cccn2c(=O)c3cc(C(=O)N4CC(C)OC(C)C4)n(Cc4ccccc4)c3nc12. The second-order valence-electron chi connectivity index (χ2n) is 8.61. The molecule has 3 aromatic heterocycles. The van der Waals surface area contributed by atoms with E-state index in [1.165, 1.54) is 0 Å². The van der Waals surface area contributed by atoms with Gasteiger partial charge >= 0.3 is 0 Å². The average Bonchev–Trinajstić information content (AvgIpc) is 3.13. The van der Waals surface area contributed by atoms with Crippen LogP contribution in [0.25, 0.3) is 16.7 Å². The number of benzene rings is 1. The lowest BCUT2D eigenvalue weighted by Gasteiger charge is -2.35. The molecule has 7 heteroatoms. The van der Waals surface area contributed by atoms with Gasteiger partial charge in [0.2, 0.25) is 0 Å². The van der Waals surface area contributed by atoms with Crippen molar-refractivity contribution in [2.45, 2.75) is 39.5 Å². The zero-order chi connectivity index (χ0) is 22.4. The lowest BCUT2D eigenvalue weighted by atomic mass is 10.2. The first-order valence-corrected chi connectivity index (χ1v) is 10.9. The van der Waals surface area contributed by atoms with Crippen LogP contribution in [0.3, 0.4) is 0 Å². The number of morpholine rings is 1. The van der Waals surface area contributed by atoms with E-state index in [0.29, 0.717) is 42.0 Å². The van der Waals surface area contributed by atoms with Crippen LogP contribution in [0, 0.1) is 6.92 Å². The Kier molecular flexibility index (Phi) is 5.06. The minimum Gasteiger partial charge on any atom is -0.372 e. The van der Waals surface area contributed by atoms with Crippen LogP contribution >= 0.6 is 0 Å². The van der Waals surface area contributed by atoms with Gasteiger partial charge in [0.1, 0.15) is 17.0 Å². The molecular formula is C25H26N4O3. The van der Waals surface area contributed by atoms with Crippen molar-refractivity contribution in [1.82, 2.24) is 18.9 Å². The second-order valence-corrected chi connectivity index (χ2v) is 8.61. The molecule has 1 aromatic carbocycles. The number of amides is 1. The van der Waals surface area contributed by atoms with E-state index in [0.717, 1.165) is 11.1 Å². The van der Waals surface area contributed by atoms with Crippen LogP contribution in [-0.2, 0) is 11.3 Å². The van der Waals surface area contributed by atoms with Crippen molar-refractivity contribution in [2.75, 3.05) is 13.1 Å². The summed E-state index contributed by atoms with van der Waals surface area (Å²) >= 11 is 0. The molecule has 0 saturated carbocycles. The molecule has 4 aromatic rings. The first kappa shape index (κ1) is 20.5. The molecule has 2 atom stereocenters. The number of hydrogen-bond donors (Lipinski definition) is 0. The number of pyridine rings is 1. The Balaban J connectivity index is 1.72. The van der Waals surface area contributed by atoms with Gasteiger partial charge in [-0.3, -0.25) is 14.0 Å². The Hall–Kier alpha value is -3.45. The van der Waals surface area contributed by atoms with E-state index in [9.17, 15) is 9.59 Å². The van der Waals surface area contributed by atoms with Crippen LogP contribution in [0.1, 0.15) is 35.5 Å². The highest BCUT2D eigenvalue weighted by Gasteiger charge is 2.30. The van der Waals surface area contributed by atoms with Gasteiger partial charge in [0.05, 0.1) is 17.6 Å². The highest BCUT2D eigenvalue weighted by Crippen LogP contribution is 2.22. The van der Waals surface area contributed by atoms with E-state index in [1.807, 2.05) is 72.7 Å². The number of rotatable bonds is 3. The quantitative estimate of drug-likeness (QED) is 0.500. The predicted molar refractivity (Wildman–Crippen MR) is 123 cm³/mol. The minimum atomic E-state index is -0.168. The third-order valence-electron chi connectivity index (χ3n) is 6.00. The van der Waals surface area contributed by atoms with E-state index < -0.39 is 0 Å². The number of fused-ring (bicyclic) bond motifs is 2. The lowest BCUT2D eigenvalue weighted by Crippen LogP contribution is -2.48. The molecule has 1 saturated heterocycles. The molecule has 5 rings (SSSR count). The molecule has 0 aliphatic carbocycles. The van der Waals surface area contributed by atoms with Crippen LogP contribution in [0.15, 0.2) is 59.5 Å². The Morgan fingerprint density at radius 2 is 1.78 bits per heavy atom. The zero-order valence-electron chi connectivity index (χ0n) is 18.5. The fourth-order valence-electron chi connectivity index (χ4n) is 4.57. The predicted octanol–water partition coefficient (Wildman–Crippen LogP) is 3.26. The molecule has 0 N–H and O–H groups in total. The maximum Gasteiger partial charge on any atom is 0.270 e. The third-order valence-corrected chi connectivity index (χ3v) is 6.00. The van der Waals surface area contributed by atoms with Crippen LogP contribution < -0.4 is 5.56 Å². The second kappa shape index (κ2) is 7.91. The van der Waals surface area contributed by atoms with Crippen molar-refractivity contribution < 1.29 is 9.53 Å². The van der Waals surface area contributed by atoms with Gasteiger partial charge in [-0.1, -0.05) is 36.4 Å². The molecule has 1 aliphatic rings. The van der Waals surface area contributed by atoms with Crippen molar-refractivity contribution >= 4 is 22.6 Å². The lowest BCUT2D eigenvalue weighted by molar-refractivity contribution is -0.0588. The molecule has 0 spiro atoms. The highest BCUT2D eigenvalue weighted by atomic mass is 16.5. The van der Waals surface area contributed by atoms with E-state index in [4.69, 9.17) is 9.72 Å².